The number of hydrogen-bond donors (Lipinski definition) is 0. The van der Waals surface area contributed by atoms with E-state index in [1.807, 2.05) is 62.6 Å². The molecule has 0 amide bonds. The van der Waals surface area contributed by atoms with Gasteiger partial charge in [0.05, 0.1) is 0 Å². The Kier molecular flexibility index (Phi) is 5.08. The Morgan fingerprint density at radius 3 is 2.05 bits per heavy atom. The van der Waals surface area contributed by atoms with E-state index in [2.05, 4.69) is 17.0 Å². The first kappa shape index (κ1) is 14.5. The van der Waals surface area contributed by atoms with E-state index in [1.165, 1.54) is 5.56 Å². The monoisotopic (exact) mass is 267 g/mol. The van der Waals surface area contributed by atoms with Crippen LogP contribution in [0.3, 0.4) is 0 Å². The van der Waals surface area contributed by atoms with Crippen LogP contribution in [0, 0.1) is 5.92 Å². The lowest BCUT2D eigenvalue weighted by molar-refractivity contribution is 0.0896. The lowest BCUT2D eigenvalue weighted by Crippen LogP contribution is -2.29. The van der Waals surface area contributed by atoms with Gasteiger partial charge in [0.2, 0.25) is 0 Å². The van der Waals surface area contributed by atoms with Gasteiger partial charge in [-0.2, -0.15) is 0 Å². The van der Waals surface area contributed by atoms with Gasteiger partial charge >= 0.3 is 0 Å². The molecule has 0 heterocycles. The minimum absolute atomic E-state index is 0.00481. The van der Waals surface area contributed by atoms with Crippen LogP contribution in [0.5, 0.6) is 0 Å². The van der Waals surface area contributed by atoms with Crippen LogP contribution in [0.2, 0.25) is 0 Å². The molecule has 0 aliphatic heterocycles. The molecule has 0 radical (unpaired) electrons. The Balaban J connectivity index is 2.17. The zero-order chi connectivity index (χ0) is 14.4. The normalized spacial score (nSPS) is 12.3. The SMILES string of the molecule is CN(C)CC(Cc1ccccc1)C(=O)c1ccccc1. The second-order valence-electron chi connectivity index (χ2n) is 5.38. The molecule has 20 heavy (non-hydrogen) atoms. The van der Waals surface area contributed by atoms with E-state index in [1.54, 1.807) is 0 Å². The van der Waals surface area contributed by atoms with Crippen molar-refractivity contribution in [2.45, 2.75) is 6.42 Å². The average Bonchev–Trinajstić information content (AvgIpc) is 2.47. The quantitative estimate of drug-likeness (QED) is 0.749. The van der Waals surface area contributed by atoms with E-state index in [4.69, 9.17) is 0 Å². The first-order valence-corrected chi connectivity index (χ1v) is 6.94. The van der Waals surface area contributed by atoms with Gasteiger partial charge in [-0.15, -0.1) is 0 Å². The van der Waals surface area contributed by atoms with Crippen LogP contribution in [-0.2, 0) is 6.42 Å². The van der Waals surface area contributed by atoms with Crippen molar-refractivity contribution < 1.29 is 4.79 Å². The summed E-state index contributed by atoms with van der Waals surface area (Å²) in [5.74, 6) is 0.220. The van der Waals surface area contributed by atoms with Crippen molar-refractivity contribution in [1.29, 1.82) is 0 Å². The molecule has 0 bridgehead atoms. The lowest BCUT2D eigenvalue weighted by atomic mass is 9.91. The van der Waals surface area contributed by atoms with E-state index in [9.17, 15) is 4.79 Å². The summed E-state index contributed by atoms with van der Waals surface area (Å²) in [5.41, 5.74) is 2.01. The zero-order valence-electron chi connectivity index (χ0n) is 12.1. The predicted molar refractivity (Wildman–Crippen MR) is 83.0 cm³/mol. The van der Waals surface area contributed by atoms with E-state index >= 15 is 0 Å². The third-order valence-corrected chi connectivity index (χ3v) is 3.34. The summed E-state index contributed by atoms with van der Waals surface area (Å²) in [6.07, 6.45) is 0.784. The van der Waals surface area contributed by atoms with Gasteiger partial charge in [-0.1, -0.05) is 60.7 Å². The van der Waals surface area contributed by atoms with Gasteiger partial charge in [-0.3, -0.25) is 4.79 Å². The smallest absolute Gasteiger partial charge is 0.167 e. The Hall–Kier alpha value is -1.93. The molecule has 2 rings (SSSR count). The highest BCUT2D eigenvalue weighted by atomic mass is 16.1. The molecule has 0 aliphatic rings. The minimum atomic E-state index is -0.00481. The number of nitrogens with zero attached hydrogens (tertiary/aromatic N) is 1. The molecule has 2 aromatic carbocycles. The molecule has 0 aromatic heterocycles. The highest BCUT2D eigenvalue weighted by molar-refractivity contribution is 5.98. The number of benzene rings is 2. The van der Waals surface area contributed by atoms with E-state index in [-0.39, 0.29) is 11.7 Å². The molecular weight excluding hydrogens is 246 g/mol. The Labute approximate surface area is 121 Å². The summed E-state index contributed by atoms with van der Waals surface area (Å²) in [6, 6.07) is 19.8. The molecule has 104 valence electrons. The summed E-state index contributed by atoms with van der Waals surface area (Å²) >= 11 is 0. The Morgan fingerprint density at radius 2 is 1.50 bits per heavy atom. The number of rotatable bonds is 6. The lowest BCUT2D eigenvalue weighted by Gasteiger charge is -2.20. The summed E-state index contributed by atoms with van der Waals surface area (Å²) in [6.45, 7) is 0.766. The van der Waals surface area contributed by atoms with Crippen LogP contribution in [0.1, 0.15) is 15.9 Å². The molecule has 2 aromatic rings. The maximum atomic E-state index is 12.7. The molecule has 1 atom stereocenters. The summed E-state index contributed by atoms with van der Waals surface area (Å²) in [5, 5.41) is 0. The second-order valence-corrected chi connectivity index (χ2v) is 5.38. The first-order valence-electron chi connectivity index (χ1n) is 6.94. The Morgan fingerprint density at radius 1 is 0.950 bits per heavy atom. The number of carbonyl (C=O) groups excluding carboxylic acids is 1. The summed E-state index contributed by atoms with van der Waals surface area (Å²) in [4.78, 5) is 14.7. The van der Waals surface area contributed by atoms with E-state index < -0.39 is 0 Å². The third kappa shape index (κ3) is 4.04. The second kappa shape index (κ2) is 7.01. The molecule has 0 spiro atoms. The summed E-state index contributed by atoms with van der Waals surface area (Å²) in [7, 11) is 4.02. The zero-order valence-corrected chi connectivity index (χ0v) is 12.1. The van der Waals surface area contributed by atoms with Crippen LogP contribution in [0.15, 0.2) is 60.7 Å². The molecule has 0 aliphatic carbocycles. The standard InChI is InChI=1S/C18H21NO/c1-19(2)14-17(13-15-9-5-3-6-10-15)18(20)16-11-7-4-8-12-16/h3-12,17H,13-14H2,1-2H3. The van der Waals surface area contributed by atoms with Crippen molar-refractivity contribution in [3.63, 3.8) is 0 Å². The van der Waals surface area contributed by atoms with Gasteiger partial charge in [0.15, 0.2) is 5.78 Å². The van der Waals surface area contributed by atoms with Crippen LogP contribution in [0.25, 0.3) is 0 Å². The summed E-state index contributed by atoms with van der Waals surface area (Å²) < 4.78 is 0. The highest BCUT2D eigenvalue weighted by Crippen LogP contribution is 2.15. The number of carbonyl (C=O) groups is 1. The average molecular weight is 267 g/mol. The largest absolute Gasteiger partial charge is 0.309 e. The number of ketones is 1. The fraction of sp³-hybridized carbons (Fsp3) is 0.278. The molecule has 0 saturated heterocycles. The van der Waals surface area contributed by atoms with E-state index in [0.29, 0.717) is 0 Å². The molecule has 1 unspecified atom stereocenters. The van der Waals surface area contributed by atoms with Crippen LogP contribution >= 0.6 is 0 Å². The van der Waals surface area contributed by atoms with Crippen molar-refractivity contribution in [3.05, 3.63) is 71.8 Å². The van der Waals surface area contributed by atoms with Crippen LogP contribution in [-0.4, -0.2) is 31.3 Å². The van der Waals surface area contributed by atoms with Crippen molar-refractivity contribution in [1.82, 2.24) is 4.90 Å². The van der Waals surface area contributed by atoms with Gasteiger partial charge in [0, 0.05) is 18.0 Å². The maximum Gasteiger partial charge on any atom is 0.167 e. The fourth-order valence-corrected chi connectivity index (χ4v) is 2.42. The van der Waals surface area contributed by atoms with Crippen molar-refractivity contribution >= 4 is 5.78 Å². The van der Waals surface area contributed by atoms with Crippen LogP contribution < -0.4 is 0 Å². The van der Waals surface area contributed by atoms with Gasteiger partial charge in [-0.05, 0) is 26.1 Å². The van der Waals surface area contributed by atoms with Gasteiger partial charge in [0.1, 0.15) is 0 Å². The predicted octanol–water partition coefficient (Wildman–Crippen LogP) is 3.29. The van der Waals surface area contributed by atoms with Crippen molar-refractivity contribution in [2.24, 2.45) is 5.92 Å². The minimum Gasteiger partial charge on any atom is -0.309 e. The van der Waals surface area contributed by atoms with Crippen molar-refractivity contribution in [3.8, 4) is 0 Å². The topological polar surface area (TPSA) is 20.3 Å². The molecule has 2 heteroatoms. The molecule has 0 N–H and O–H groups in total. The van der Waals surface area contributed by atoms with Crippen molar-refractivity contribution in [2.75, 3.05) is 20.6 Å². The molecule has 0 saturated carbocycles. The highest BCUT2D eigenvalue weighted by Gasteiger charge is 2.21. The van der Waals surface area contributed by atoms with E-state index in [0.717, 1.165) is 18.5 Å². The number of Topliss-reactive ketones (excluding diaryl/α,β-unsaturated/α-hetero) is 1. The van der Waals surface area contributed by atoms with Gasteiger partial charge in [0.25, 0.3) is 0 Å². The third-order valence-electron chi connectivity index (χ3n) is 3.34. The molecular formula is C18H21NO. The molecule has 2 nitrogen and oxygen atoms in total. The number of hydrogen-bond acceptors (Lipinski definition) is 2. The molecule has 0 fully saturated rings. The maximum absolute atomic E-state index is 12.7. The van der Waals surface area contributed by atoms with Crippen LogP contribution in [0.4, 0.5) is 0 Å². The van der Waals surface area contributed by atoms with Gasteiger partial charge < -0.3 is 4.90 Å². The fourth-order valence-electron chi connectivity index (χ4n) is 2.42. The first-order chi connectivity index (χ1) is 9.66. The Bertz CT molecular complexity index is 534. The van der Waals surface area contributed by atoms with Gasteiger partial charge in [-0.25, -0.2) is 0 Å².